The van der Waals surface area contributed by atoms with Gasteiger partial charge in [-0.05, 0) is 59.7 Å². The number of quaternary nitrogens is 1. The zero-order valence-corrected chi connectivity index (χ0v) is 24.0. The van der Waals surface area contributed by atoms with Crippen LogP contribution in [-0.2, 0) is 0 Å². The van der Waals surface area contributed by atoms with Crippen molar-refractivity contribution in [3.8, 4) is 0 Å². The molecule has 0 bridgehead atoms. The van der Waals surface area contributed by atoms with Gasteiger partial charge in [-0.25, -0.2) is 0 Å². The van der Waals surface area contributed by atoms with Gasteiger partial charge >= 0.3 is 0 Å². The van der Waals surface area contributed by atoms with E-state index in [2.05, 4.69) is 27.8 Å². The van der Waals surface area contributed by atoms with E-state index in [1.165, 1.54) is 140 Å². The molecule has 0 amide bonds. The van der Waals surface area contributed by atoms with E-state index in [-0.39, 0.29) is 12.4 Å². The molecule has 0 aliphatic heterocycles. The van der Waals surface area contributed by atoms with Gasteiger partial charge in [0.05, 0.1) is 26.7 Å². The summed E-state index contributed by atoms with van der Waals surface area (Å²) in [5, 5.41) is 0. The molecule has 0 aromatic carbocycles. The third-order valence-corrected chi connectivity index (χ3v) is 6.15. The summed E-state index contributed by atoms with van der Waals surface area (Å²) < 4.78 is 1.36. The summed E-state index contributed by atoms with van der Waals surface area (Å²) in [6.45, 7) is 11.2. The molecule has 0 N–H and O–H groups in total. The smallest absolute Gasteiger partial charge is 0.0784 e. The SMILES string of the molecule is CCCCCCCC[N+](C)(CCCCCCCC)CCCCCCCC.CN(C)C.Cl. The molecule has 0 spiro atoms. The number of hydrogen-bond acceptors (Lipinski definition) is 1. The Hall–Kier alpha value is 0.210. The van der Waals surface area contributed by atoms with Crippen LogP contribution in [0.2, 0.25) is 0 Å². The van der Waals surface area contributed by atoms with E-state index in [1.807, 2.05) is 26.0 Å². The first-order valence-electron chi connectivity index (χ1n) is 13.9. The molecular formula is C28H64ClN2+. The van der Waals surface area contributed by atoms with Gasteiger partial charge in [0.1, 0.15) is 0 Å². The topological polar surface area (TPSA) is 3.24 Å². The van der Waals surface area contributed by atoms with Crippen molar-refractivity contribution in [2.45, 2.75) is 136 Å². The van der Waals surface area contributed by atoms with Gasteiger partial charge in [-0.15, -0.1) is 12.4 Å². The summed E-state index contributed by atoms with van der Waals surface area (Å²) in [6.07, 6.45) is 25.9. The van der Waals surface area contributed by atoms with Gasteiger partial charge in [0, 0.05) is 0 Å². The highest BCUT2D eigenvalue weighted by molar-refractivity contribution is 5.85. The minimum atomic E-state index is 0. The third kappa shape index (κ3) is 32.5. The van der Waals surface area contributed by atoms with Gasteiger partial charge in [0.2, 0.25) is 0 Å². The monoisotopic (exact) mass is 463 g/mol. The average Bonchev–Trinajstić information content (AvgIpc) is 2.70. The molecule has 0 aromatic heterocycles. The summed E-state index contributed by atoms with van der Waals surface area (Å²) in [5.74, 6) is 0. The number of nitrogens with zero attached hydrogens (tertiary/aromatic N) is 2. The predicted octanol–water partition coefficient (Wildman–Crippen LogP) is 9.11. The molecule has 0 radical (unpaired) electrons. The lowest BCUT2D eigenvalue weighted by molar-refractivity contribution is -0.910. The second kappa shape index (κ2) is 28.2. The van der Waals surface area contributed by atoms with Crippen molar-refractivity contribution < 1.29 is 4.48 Å². The Morgan fingerprint density at radius 2 is 0.613 bits per heavy atom. The summed E-state index contributed by atoms with van der Waals surface area (Å²) in [5.41, 5.74) is 0. The molecule has 2 nitrogen and oxygen atoms in total. The number of hydrogen-bond donors (Lipinski definition) is 0. The van der Waals surface area contributed by atoms with E-state index >= 15 is 0 Å². The van der Waals surface area contributed by atoms with Crippen LogP contribution in [0, 0.1) is 0 Å². The Morgan fingerprint density at radius 1 is 0.419 bits per heavy atom. The van der Waals surface area contributed by atoms with Gasteiger partial charge < -0.3 is 9.38 Å². The molecule has 3 heteroatoms. The van der Waals surface area contributed by atoms with Crippen LogP contribution in [0.3, 0.4) is 0 Å². The number of halogens is 1. The first kappa shape index (κ1) is 35.8. The molecule has 0 aliphatic carbocycles. The maximum absolute atomic E-state index is 2.56. The first-order chi connectivity index (χ1) is 14.4. The van der Waals surface area contributed by atoms with E-state index in [9.17, 15) is 0 Å². The van der Waals surface area contributed by atoms with Crippen molar-refractivity contribution in [2.75, 3.05) is 47.8 Å². The highest BCUT2D eigenvalue weighted by Gasteiger charge is 2.20. The highest BCUT2D eigenvalue weighted by Crippen LogP contribution is 2.16. The number of rotatable bonds is 21. The van der Waals surface area contributed by atoms with E-state index in [4.69, 9.17) is 0 Å². The molecule has 0 fully saturated rings. The molecule has 0 unspecified atom stereocenters. The fraction of sp³-hybridized carbons (Fsp3) is 1.00. The molecule has 0 atom stereocenters. The van der Waals surface area contributed by atoms with Crippen molar-refractivity contribution in [2.24, 2.45) is 0 Å². The van der Waals surface area contributed by atoms with Crippen molar-refractivity contribution in [1.29, 1.82) is 0 Å². The van der Waals surface area contributed by atoms with Crippen molar-refractivity contribution in [3.63, 3.8) is 0 Å². The zero-order chi connectivity index (χ0) is 22.9. The summed E-state index contributed by atoms with van der Waals surface area (Å²) in [7, 11) is 8.56. The molecular weight excluding hydrogens is 400 g/mol. The molecule has 0 aromatic rings. The van der Waals surface area contributed by atoms with Crippen molar-refractivity contribution >= 4 is 12.4 Å². The van der Waals surface area contributed by atoms with Gasteiger partial charge in [-0.2, -0.15) is 0 Å². The zero-order valence-electron chi connectivity index (χ0n) is 23.2. The Morgan fingerprint density at radius 3 is 0.839 bits per heavy atom. The van der Waals surface area contributed by atoms with E-state index in [0.29, 0.717) is 0 Å². The Balaban J connectivity index is -0.00000143. The van der Waals surface area contributed by atoms with Crippen LogP contribution in [0.15, 0.2) is 0 Å². The van der Waals surface area contributed by atoms with E-state index < -0.39 is 0 Å². The fourth-order valence-corrected chi connectivity index (χ4v) is 4.16. The third-order valence-electron chi connectivity index (χ3n) is 6.15. The lowest BCUT2D eigenvalue weighted by Gasteiger charge is -2.35. The van der Waals surface area contributed by atoms with Crippen LogP contribution < -0.4 is 0 Å². The van der Waals surface area contributed by atoms with Crippen LogP contribution in [-0.4, -0.2) is 57.2 Å². The second-order valence-corrected chi connectivity index (χ2v) is 10.4. The fourth-order valence-electron chi connectivity index (χ4n) is 4.16. The summed E-state index contributed by atoms with van der Waals surface area (Å²) >= 11 is 0. The standard InChI is InChI=1S/C25H54N.C3H9N.ClH/c1-5-8-11-14-17-20-23-26(4,24-21-18-15-12-9-6-2)25-22-19-16-13-10-7-3;1-4(2)3;/h5-25H2,1-4H3;1-3H3;1H/q+1;;. The van der Waals surface area contributed by atoms with Crippen molar-refractivity contribution in [3.05, 3.63) is 0 Å². The largest absolute Gasteiger partial charge is 0.326 e. The highest BCUT2D eigenvalue weighted by atomic mass is 35.5. The van der Waals surface area contributed by atoms with E-state index in [1.54, 1.807) is 0 Å². The normalized spacial score (nSPS) is 11.2. The van der Waals surface area contributed by atoms with Crippen LogP contribution in [0.1, 0.15) is 136 Å². The van der Waals surface area contributed by atoms with Crippen LogP contribution in [0.5, 0.6) is 0 Å². The lowest BCUT2D eigenvalue weighted by Crippen LogP contribution is -2.46. The maximum atomic E-state index is 2.56. The van der Waals surface area contributed by atoms with Crippen LogP contribution in [0.25, 0.3) is 0 Å². The minimum absolute atomic E-state index is 0. The quantitative estimate of drug-likeness (QED) is 0.121. The molecule has 0 aliphatic rings. The van der Waals surface area contributed by atoms with Crippen LogP contribution in [0.4, 0.5) is 0 Å². The summed E-state index contributed by atoms with van der Waals surface area (Å²) in [4.78, 5) is 2.00. The Bertz CT molecular complexity index is 264. The maximum Gasteiger partial charge on any atom is 0.0784 e. The summed E-state index contributed by atoms with van der Waals surface area (Å²) in [6, 6.07) is 0. The molecule has 192 valence electrons. The van der Waals surface area contributed by atoms with Gasteiger partial charge in [-0.3, -0.25) is 0 Å². The van der Waals surface area contributed by atoms with E-state index in [0.717, 1.165) is 0 Å². The number of unbranched alkanes of at least 4 members (excludes halogenated alkanes) is 15. The van der Waals surface area contributed by atoms with Crippen molar-refractivity contribution in [1.82, 2.24) is 4.90 Å². The average molecular weight is 464 g/mol. The Kier molecular flexibility index (Phi) is 32.6. The predicted molar refractivity (Wildman–Crippen MR) is 148 cm³/mol. The molecule has 0 heterocycles. The molecule has 0 saturated heterocycles. The van der Waals surface area contributed by atoms with Crippen LogP contribution >= 0.6 is 12.4 Å². The minimum Gasteiger partial charge on any atom is -0.326 e. The lowest BCUT2D eigenvalue weighted by atomic mass is 10.1. The van der Waals surface area contributed by atoms with Gasteiger partial charge in [0.15, 0.2) is 0 Å². The molecule has 0 saturated carbocycles. The molecule has 0 rings (SSSR count). The van der Waals surface area contributed by atoms with Gasteiger partial charge in [0.25, 0.3) is 0 Å². The Labute approximate surface area is 205 Å². The second-order valence-electron chi connectivity index (χ2n) is 10.4. The first-order valence-corrected chi connectivity index (χ1v) is 13.9. The van der Waals surface area contributed by atoms with Gasteiger partial charge in [-0.1, -0.05) is 97.8 Å². The molecule has 31 heavy (non-hydrogen) atoms.